The first kappa shape index (κ1) is 16.5. The van der Waals surface area contributed by atoms with Crippen molar-refractivity contribution in [3.63, 3.8) is 0 Å². The van der Waals surface area contributed by atoms with Crippen LogP contribution in [0.1, 0.15) is 37.3 Å². The molecular formula is C19H29N3O. The van der Waals surface area contributed by atoms with Crippen molar-refractivity contribution in [3.8, 4) is 0 Å². The zero-order valence-corrected chi connectivity index (χ0v) is 14.2. The Labute approximate surface area is 139 Å². The standard InChI is InChI=1S/C19H29N3O/c1-15(18-12-20-13-18)19(23)21-11-16-5-7-17(8-6-16)14-22-9-3-2-4-10-22/h5-8,15,18,20H,2-4,9-14H2,1H3,(H,21,23). The van der Waals surface area contributed by atoms with Crippen LogP contribution in [0.15, 0.2) is 24.3 Å². The third kappa shape index (κ3) is 4.55. The molecule has 1 aromatic rings. The average Bonchev–Trinajstić information content (AvgIpc) is 2.53. The summed E-state index contributed by atoms with van der Waals surface area (Å²) in [5, 5.41) is 6.30. The summed E-state index contributed by atoms with van der Waals surface area (Å²) in [4.78, 5) is 14.7. The zero-order valence-electron chi connectivity index (χ0n) is 14.2. The minimum Gasteiger partial charge on any atom is -0.352 e. The highest BCUT2D eigenvalue weighted by Crippen LogP contribution is 2.16. The molecule has 2 saturated heterocycles. The minimum absolute atomic E-state index is 0.106. The molecule has 0 aliphatic carbocycles. The fraction of sp³-hybridized carbons (Fsp3) is 0.632. The monoisotopic (exact) mass is 315 g/mol. The maximum Gasteiger partial charge on any atom is 0.223 e. The topological polar surface area (TPSA) is 44.4 Å². The molecule has 2 fully saturated rings. The van der Waals surface area contributed by atoms with Crippen LogP contribution in [0.3, 0.4) is 0 Å². The van der Waals surface area contributed by atoms with E-state index < -0.39 is 0 Å². The summed E-state index contributed by atoms with van der Waals surface area (Å²) in [6.45, 7) is 8.12. The van der Waals surface area contributed by atoms with E-state index in [-0.39, 0.29) is 11.8 Å². The van der Waals surface area contributed by atoms with Gasteiger partial charge in [0, 0.05) is 19.0 Å². The van der Waals surface area contributed by atoms with Gasteiger partial charge >= 0.3 is 0 Å². The number of nitrogens with zero attached hydrogens (tertiary/aromatic N) is 1. The number of likely N-dealkylation sites (tertiary alicyclic amines) is 1. The van der Waals surface area contributed by atoms with Gasteiger partial charge in [0.2, 0.25) is 5.91 Å². The number of hydrogen-bond donors (Lipinski definition) is 2. The number of rotatable bonds is 6. The molecule has 0 bridgehead atoms. The van der Waals surface area contributed by atoms with Gasteiger partial charge in [-0.05, 0) is 56.1 Å². The van der Waals surface area contributed by atoms with Crippen LogP contribution in [-0.4, -0.2) is 37.0 Å². The molecule has 1 amide bonds. The first-order chi connectivity index (χ1) is 11.2. The van der Waals surface area contributed by atoms with E-state index in [0.717, 1.165) is 19.6 Å². The van der Waals surface area contributed by atoms with Gasteiger partial charge in [0.15, 0.2) is 0 Å². The van der Waals surface area contributed by atoms with Crippen LogP contribution in [0.2, 0.25) is 0 Å². The molecule has 0 aromatic heterocycles. The van der Waals surface area contributed by atoms with Crippen LogP contribution in [-0.2, 0) is 17.9 Å². The predicted octanol–water partition coefficient (Wildman–Crippen LogP) is 2.14. The van der Waals surface area contributed by atoms with E-state index in [0.29, 0.717) is 12.5 Å². The first-order valence-corrected chi connectivity index (χ1v) is 9.01. The second kappa shape index (κ2) is 7.93. The Morgan fingerprint density at radius 3 is 2.43 bits per heavy atom. The number of hydrogen-bond acceptors (Lipinski definition) is 3. The molecule has 1 unspecified atom stereocenters. The molecule has 4 nitrogen and oxygen atoms in total. The van der Waals surface area contributed by atoms with Crippen molar-refractivity contribution in [3.05, 3.63) is 35.4 Å². The van der Waals surface area contributed by atoms with Crippen molar-refractivity contribution in [1.29, 1.82) is 0 Å². The van der Waals surface area contributed by atoms with Crippen LogP contribution in [0.4, 0.5) is 0 Å². The second-order valence-electron chi connectivity index (χ2n) is 7.08. The third-order valence-electron chi connectivity index (χ3n) is 5.28. The maximum atomic E-state index is 12.1. The van der Waals surface area contributed by atoms with Crippen molar-refractivity contribution < 1.29 is 4.79 Å². The Morgan fingerprint density at radius 2 is 1.83 bits per heavy atom. The van der Waals surface area contributed by atoms with Crippen LogP contribution in [0.25, 0.3) is 0 Å². The molecule has 1 atom stereocenters. The smallest absolute Gasteiger partial charge is 0.223 e. The Morgan fingerprint density at radius 1 is 1.17 bits per heavy atom. The zero-order chi connectivity index (χ0) is 16.1. The summed E-state index contributed by atoms with van der Waals surface area (Å²) in [7, 11) is 0. The molecule has 3 rings (SSSR count). The lowest BCUT2D eigenvalue weighted by Crippen LogP contribution is -2.49. The van der Waals surface area contributed by atoms with Crippen LogP contribution >= 0.6 is 0 Å². The quantitative estimate of drug-likeness (QED) is 0.845. The molecule has 0 spiro atoms. The number of carbonyl (C=O) groups excluding carboxylic acids is 1. The van der Waals surface area contributed by atoms with Crippen molar-refractivity contribution in [2.75, 3.05) is 26.2 Å². The van der Waals surface area contributed by atoms with Gasteiger partial charge in [-0.2, -0.15) is 0 Å². The number of benzene rings is 1. The largest absolute Gasteiger partial charge is 0.352 e. The van der Waals surface area contributed by atoms with Crippen molar-refractivity contribution in [2.45, 2.75) is 39.3 Å². The molecule has 1 aromatic carbocycles. The number of nitrogens with one attached hydrogen (secondary N) is 2. The summed E-state index contributed by atoms with van der Waals surface area (Å²) in [6, 6.07) is 8.70. The van der Waals surface area contributed by atoms with Gasteiger partial charge in [0.05, 0.1) is 0 Å². The van der Waals surface area contributed by atoms with Crippen LogP contribution in [0.5, 0.6) is 0 Å². The molecule has 0 radical (unpaired) electrons. The summed E-state index contributed by atoms with van der Waals surface area (Å²) < 4.78 is 0. The molecule has 2 N–H and O–H groups in total. The molecule has 23 heavy (non-hydrogen) atoms. The fourth-order valence-electron chi connectivity index (χ4n) is 3.37. The fourth-order valence-corrected chi connectivity index (χ4v) is 3.37. The van der Waals surface area contributed by atoms with E-state index >= 15 is 0 Å². The summed E-state index contributed by atoms with van der Waals surface area (Å²) in [6.07, 6.45) is 4.04. The Hall–Kier alpha value is -1.39. The van der Waals surface area contributed by atoms with Gasteiger partial charge in [0.25, 0.3) is 0 Å². The molecule has 4 heteroatoms. The summed E-state index contributed by atoms with van der Waals surface area (Å²) in [5.41, 5.74) is 2.55. The lowest BCUT2D eigenvalue weighted by Gasteiger charge is -2.31. The molecule has 2 heterocycles. The van der Waals surface area contributed by atoms with Gasteiger partial charge in [0.1, 0.15) is 0 Å². The van der Waals surface area contributed by atoms with Crippen molar-refractivity contribution >= 4 is 5.91 Å². The Balaban J connectivity index is 1.44. The summed E-state index contributed by atoms with van der Waals surface area (Å²) >= 11 is 0. The average molecular weight is 315 g/mol. The van der Waals surface area contributed by atoms with Crippen LogP contribution < -0.4 is 10.6 Å². The van der Waals surface area contributed by atoms with E-state index in [2.05, 4.69) is 39.8 Å². The second-order valence-corrected chi connectivity index (χ2v) is 7.08. The van der Waals surface area contributed by atoms with E-state index in [1.807, 2.05) is 6.92 Å². The third-order valence-corrected chi connectivity index (χ3v) is 5.28. The minimum atomic E-state index is 0.106. The highest BCUT2D eigenvalue weighted by atomic mass is 16.1. The molecule has 2 aliphatic rings. The highest BCUT2D eigenvalue weighted by molar-refractivity contribution is 5.78. The van der Waals surface area contributed by atoms with Gasteiger partial charge in [-0.1, -0.05) is 37.6 Å². The lowest BCUT2D eigenvalue weighted by molar-refractivity contribution is -0.126. The van der Waals surface area contributed by atoms with Crippen molar-refractivity contribution in [2.24, 2.45) is 11.8 Å². The van der Waals surface area contributed by atoms with Gasteiger partial charge in [-0.3, -0.25) is 9.69 Å². The van der Waals surface area contributed by atoms with Gasteiger partial charge in [-0.15, -0.1) is 0 Å². The molecular weight excluding hydrogens is 286 g/mol. The Bertz CT molecular complexity index is 504. The molecule has 2 aliphatic heterocycles. The highest BCUT2D eigenvalue weighted by Gasteiger charge is 2.28. The molecule has 0 saturated carbocycles. The van der Waals surface area contributed by atoms with Gasteiger partial charge in [-0.25, -0.2) is 0 Å². The van der Waals surface area contributed by atoms with E-state index in [1.165, 1.54) is 43.5 Å². The first-order valence-electron chi connectivity index (χ1n) is 9.01. The van der Waals surface area contributed by atoms with E-state index in [9.17, 15) is 4.79 Å². The summed E-state index contributed by atoms with van der Waals surface area (Å²) in [5.74, 6) is 0.783. The normalized spacial score (nSPS) is 20.7. The van der Waals surface area contributed by atoms with Crippen molar-refractivity contribution in [1.82, 2.24) is 15.5 Å². The number of piperidine rings is 1. The lowest BCUT2D eigenvalue weighted by atomic mass is 9.88. The molecule has 126 valence electrons. The Kier molecular flexibility index (Phi) is 5.68. The number of carbonyl (C=O) groups is 1. The van der Waals surface area contributed by atoms with E-state index in [4.69, 9.17) is 0 Å². The van der Waals surface area contributed by atoms with Crippen LogP contribution in [0, 0.1) is 11.8 Å². The maximum absolute atomic E-state index is 12.1. The number of amides is 1. The van der Waals surface area contributed by atoms with E-state index in [1.54, 1.807) is 0 Å². The predicted molar refractivity (Wildman–Crippen MR) is 92.9 cm³/mol. The van der Waals surface area contributed by atoms with Gasteiger partial charge < -0.3 is 10.6 Å². The SMILES string of the molecule is CC(C(=O)NCc1ccc(CN2CCCCC2)cc1)C1CNC1.